The predicted molar refractivity (Wildman–Crippen MR) is 81.3 cm³/mol. The SMILES string of the molecule is COCCCCNC(=O)c1cc(Cl)cc(S(N)(=O)=O)c1Cl. The van der Waals surface area contributed by atoms with Gasteiger partial charge in [-0.1, -0.05) is 23.2 Å². The zero-order valence-corrected chi connectivity index (χ0v) is 13.7. The monoisotopic (exact) mass is 354 g/mol. The average Bonchev–Trinajstić information content (AvgIpc) is 2.39. The fourth-order valence-corrected chi connectivity index (χ4v) is 3.06. The van der Waals surface area contributed by atoms with E-state index < -0.39 is 15.9 Å². The van der Waals surface area contributed by atoms with Gasteiger partial charge in [0.2, 0.25) is 10.0 Å². The standard InChI is InChI=1S/C12H16Cl2N2O4S/c1-20-5-3-2-4-16-12(17)9-6-8(13)7-10(11(9)14)21(15,18)19/h6-7H,2-5H2,1H3,(H,16,17)(H2,15,18,19). The molecule has 6 nitrogen and oxygen atoms in total. The van der Waals surface area contributed by atoms with Crippen molar-refractivity contribution >= 4 is 39.1 Å². The molecule has 0 radical (unpaired) electrons. The Morgan fingerprint density at radius 2 is 2.00 bits per heavy atom. The van der Waals surface area contributed by atoms with Crippen LogP contribution in [0.5, 0.6) is 0 Å². The quantitative estimate of drug-likeness (QED) is 0.729. The van der Waals surface area contributed by atoms with Crippen LogP contribution >= 0.6 is 23.2 Å². The minimum absolute atomic E-state index is 0.0278. The van der Waals surface area contributed by atoms with Crippen molar-refractivity contribution in [1.29, 1.82) is 0 Å². The second-order valence-corrected chi connectivity index (χ2v) is 6.61. The Morgan fingerprint density at radius 1 is 1.33 bits per heavy atom. The van der Waals surface area contributed by atoms with Crippen molar-refractivity contribution in [1.82, 2.24) is 5.32 Å². The molecule has 0 fully saturated rings. The van der Waals surface area contributed by atoms with E-state index in [2.05, 4.69) is 5.32 Å². The molecule has 118 valence electrons. The number of unbranched alkanes of at least 4 members (excludes halogenated alkanes) is 1. The highest BCUT2D eigenvalue weighted by Gasteiger charge is 2.21. The van der Waals surface area contributed by atoms with Crippen LogP contribution in [0.3, 0.4) is 0 Å². The largest absolute Gasteiger partial charge is 0.385 e. The van der Waals surface area contributed by atoms with Gasteiger partial charge in [0.15, 0.2) is 0 Å². The van der Waals surface area contributed by atoms with Crippen LogP contribution in [0, 0.1) is 0 Å². The van der Waals surface area contributed by atoms with Crippen molar-refractivity contribution < 1.29 is 17.9 Å². The molecule has 0 bridgehead atoms. The molecular formula is C12H16Cl2N2O4S. The molecular weight excluding hydrogens is 339 g/mol. The van der Waals surface area contributed by atoms with Crippen LogP contribution < -0.4 is 10.5 Å². The van der Waals surface area contributed by atoms with Crippen molar-refractivity contribution in [3.05, 3.63) is 27.7 Å². The summed E-state index contributed by atoms with van der Waals surface area (Å²) in [5, 5.41) is 7.49. The Hall–Kier alpha value is -0.860. The molecule has 0 atom stereocenters. The van der Waals surface area contributed by atoms with Gasteiger partial charge in [0.25, 0.3) is 5.91 Å². The van der Waals surface area contributed by atoms with E-state index in [0.717, 1.165) is 18.9 Å². The fourth-order valence-electron chi connectivity index (χ4n) is 1.61. The summed E-state index contributed by atoms with van der Waals surface area (Å²) >= 11 is 11.7. The Kier molecular flexibility index (Phi) is 6.89. The highest BCUT2D eigenvalue weighted by Crippen LogP contribution is 2.28. The molecule has 0 spiro atoms. The number of carbonyl (C=O) groups excluding carboxylic acids is 1. The summed E-state index contributed by atoms with van der Waals surface area (Å²) in [7, 11) is -2.46. The Bertz CT molecular complexity index is 620. The van der Waals surface area contributed by atoms with Gasteiger partial charge in [0.05, 0.1) is 10.6 Å². The second-order valence-electron chi connectivity index (χ2n) is 4.27. The summed E-state index contributed by atoms with van der Waals surface area (Å²) in [5.74, 6) is -0.509. The number of primary sulfonamides is 1. The molecule has 0 unspecified atom stereocenters. The third-order valence-electron chi connectivity index (χ3n) is 2.62. The predicted octanol–water partition coefficient (Wildman–Crippen LogP) is 1.80. The molecule has 1 aromatic rings. The van der Waals surface area contributed by atoms with Gasteiger partial charge in [-0.2, -0.15) is 0 Å². The van der Waals surface area contributed by atoms with Gasteiger partial charge < -0.3 is 10.1 Å². The molecule has 1 aromatic carbocycles. The number of halogens is 2. The van der Waals surface area contributed by atoms with Gasteiger partial charge in [0.1, 0.15) is 4.90 Å². The van der Waals surface area contributed by atoms with Crippen molar-refractivity contribution in [2.45, 2.75) is 17.7 Å². The van der Waals surface area contributed by atoms with E-state index in [1.54, 1.807) is 7.11 Å². The van der Waals surface area contributed by atoms with E-state index in [1.807, 2.05) is 0 Å². The number of hydrogen-bond acceptors (Lipinski definition) is 4. The fraction of sp³-hybridized carbons (Fsp3) is 0.417. The molecule has 0 heterocycles. The van der Waals surface area contributed by atoms with E-state index in [1.165, 1.54) is 6.07 Å². The van der Waals surface area contributed by atoms with Crippen LogP contribution in [0.2, 0.25) is 10.0 Å². The number of rotatable bonds is 7. The zero-order chi connectivity index (χ0) is 16.0. The van der Waals surface area contributed by atoms with Gasteiger partial charge in [-0.05, 0) is 25.0 Å². The molecule has 0 saturated carbocycles. The van der Waals surface area contributed by atoms with Crippen molar-refractivity contribution in [2.24, 2.45) is 5.14 Å². The summed E-state index contributed by atoms with van der Waals surface area (Å²) in [6.07, 6.45) is 1.52. The zero-order valence-electron chi connectivity index (χ0n) is 11.4. The molecule has 1 rings (SSSR count). The van der Waals surface area contributed by atoms with Crippen LogP contribution in [0.25, 0.3) is 0 Å². The number of carbonyl (C=O) groups is 1. The van der Waals surface area contributed by atoms with E-state index in [-0.39, 0.29) is 20.5 Å². The topological polar surface area (TPSA) is 98.5 Å². The maximum atomic E-state index is 12.0. The van der Waals surface area contributed by atoms with Gasteiger partial charge in [0, 0.05) is 25.3 Å². The number of sulfonamides is 1. The van der Waals surface area contributed by atoms with Crippen LogP contribution in [0.15, 0.2) is 17.0 Å². The first kappa shape index (κ1) is 18.2. The number of ether oxygens (including phenoxy) is 1. The molecule has 0 aliphatic carbocycles. The first-order valence-corrected chi connectivity index (χ1v) is 8.36. The first-order valence-electron chi connectivity index (χ1n) is 6.06. The molecule has 1 amide bonds. The van der Waals surface area contributed by atoms with Crippen LogP contribution in [0.1, 0.15) is 23.2 Å². The minimum Gasteiger partial charge on any atom is -0.385 e. The molecule has 3 N–H and O–H groups in total. The third kappa shape index (κ3) is 5.44. The maximum Gasteiger partial charge on any atom is 0.252 e. The Balaban J connectivity index is 2.88. The van der Waals surface area contributed by atoms with Gasteiger partial charge >= 0.3 is 0 Å². The minimum atomic E-state index is -4.06. The summed E-state index contributed by atoms with van der Waals surface area (Å²) in [4.78, 5) is 11.6. The van der Waals surface area contributed by atoms with Crippen LogP contribution in [-0.4, -0.2) is 34.6 Å². The number of hydrogen-bond donors (Lipinski definition) is 2. The van der Waals surface area contributed by atoms with Crippen LogP contribution in [0.4, 0.5) is 0 Å². The molecule has 9 heteroatoms. The summed E-state index contributed by atoms with van der Waals surface area (Å²) < 4.78 is 27.7. The van der Waals surface area contributed by atoms with Crippen molar-refractivity contribution in [3.8, 4) is 0 Å². The number of benzene rings is 1. The lowest BCUT2D eigenvalue weighted by Crippen LogP contribution is -2.25. The maximum absolute atomic E-state index is 12.0. The number of methoxy groups -OCH3 is 1. The molecule has 21 heavy (non-hydrogen) atoms. The summed E-state index contributed by atoms with van der Waals surface area (Å²) in [6, 6.07) is 2.40. The molecule has 0 aliphatic heterocycles. The normalized spacial score (nSPS) is 11.4. The lowest BCUT2D eigenvalue weighted by molar-refractivity contribution is 0.0951. The third-order valence-corrected chi connectivity index (χ3v) is 4.29. The second kappa shape index (κ2) is 7.95. The Morgan fingerprint density at radius 3 is 2.57 bits per heavy atom. The van der Waals surface area contributed by atoms with E-state index >= 15 is 0 Å². The van der Waals surface area contributed by atoms with E-state index in [9.17, 15) is 13.2 Å². The molecule has 0 aliphatic rings. The summed E-state index contributed by atoms with van der Waals surface area (Å²) in [5.41, 5.74) is -0.0278. The average molecular weight is 355 g/mol. The van der Waals surface area contributed by atoms with Gasteiger partial charge in [-0.15, -0.1) is 0 Å². The number of amides is 1. The highest BCUT2D eigenvalue weighted by molar-refractivity contribution is 7.89. The van der Waals surface area contributed by atoms with E-state index in [4.69, 9.17) is 33.1 Å². The number of nitrogens with one attached hydrogen (secondary N) is 1. The van der Waals surface area contributed by atoms with Crippen molar-refractivity contribution in [3.63, 3.8) is 0 Å². The van der Waals surface area contributed by atoms with Gasteiger partial charge in [-0.3, -0.25) is 4.79 Å². The number of nitrogens with two attached hydrogens (primary N) is 1. The van der Waals surface area contributed by atoms with Crippen LogP contribution in [-0.2, 0) is 14.8 Å². The Labute approximate surface area is 133 Å². The smallest absolute Gasteiger partial charge is 0.252 e. The lowest BCUT2D eigenvalue weighted by atomic mass is 10.2. The van der Waals surface area contributed by atoms with Gasteiger partial charge in [-0.25, -0.2) is 13.6 Å². The molecule has 0 saturated heterocycles. The highest BCUT2D eigenvalue weighted by atomic mass is 35.5. The lowest BCUT2D eigenvalue weighted by Gasteiger charge is -2.10. The first-order chi connectivity index (χ1) is 9.77. The summed E-state index contributed by atoms with van der Waals surface area (Å²) in [6.45, 7) is 1.01. The molecule has 0 aromatic heterocycles. The van der Waals surface area contributed by atoms with E-state index in [0.29, 0.717) is 13.2 Å². The van der Waals surface area contributed by atoms with Crippen molar-refractivity contribution in [2.75, 3.05) is 20.3 Å².